The monoisotopic (exact) mass is 347 g/mol. The van der Waals surface area contributed by atoms with E-state index >= 15 is 0 Å². The van der Waals surface area contributed by atoms with E-state index in [9.17, 15) is 14.9 Å². The van der Waals surface area contributed by atoms with E-state index in [1.807, 2.05) is 4.90 Å². The number of hydrogen-bond donors (Lipinski definition) is 1. The Labute approximate surface area is 149 Å². The third-order valence-corrected chi connectivity index (χ3v) is 6.55. The molecule has 0 unspecified atom stereocenters. The molecule has 3 fully saturated rings. The second-order valence-corrected chi connectivity index (χ2v) is 7.91. The number of methoxy groups -OCH3 is 1. The lowest BCUT2D eigenvalue weighted by molar-refractivity contribution is -0.134. The standard InChI is InChI=1S/C19H29N3O3/c1-25-13-12-22-16(23)6-11-19(22)9-4-15(5-10-19)21-17(24)18(14-20)7-2-3-8-18/h15H,2-13H2,1H3,(H,21,24). The van der Waals surface area contributed by atoms with Crippen LogP contribution in [0.15, 0.2) is 0 Å². The van der Waals surface area contributed by atoms with Crippen LogP contribution in [0.1, 0.15) is 64.2 Å². The topological polar surface area (TPSA) is 82.4 Å². The molecule has 0 atom stereocenters. The summed E-state index contributed by atoms with van der Waals surface area (Å²) in [6.07, 6.45) is 8.44. The van der Waals surface area contributed by atoms with Crippen molar-refractivity contribution in [2.24, 2.45) is 5.41 Å². The van der Waals surface area contributed by atoms with Crippen LogP contribution in [-0.2, 0) is 14.3 Å². The third kappa shape index (κ3) is 3.39. The average Bonchev–Trinajstić information content (AvgIpc) is 3.22. The molecule has 1 spiro atoms. The molecule has 0 radical (unpaired) electrons. The summed E-state index contributed by atoms with van der Waals surface area (Å²) < 4.78 is 5.16. The van der Waals surface area contributed by atoms with Gasteiger partial charge < -0.3 is 15.0 Å². The maximum atomic E-state index is 12.6. The van der Waals surface area contributed by atoms with Crippen LogP contribution in [0.3, 0.4) is 0 Å². The summed E-state index contributed by atoms with van der Waals surface area (Å²) in [5.74, 6) is 0.154. The van der Waals surface area contributed by atoms with Crippen LogP contribution in [0.2, 0.25) is 0 Å². The maximum Gasteiger partial charge on any atom is 0.240 e. The minimum absolute atomic E-state index is 0.0445. The van der Waals surface area contributed by atoms with Crippen molar-refractivity contribution in [3.05, 3.63) is 0 Å². The highest BCUT2D eigenvalue weighted by Gasteiger charge is 2.48. The van der Waals surface area contributed by atoms with Crippen molar-refractivity contribution in [2.75, 3.05) is 20.3 Å². The van der Waals surface area contributed by atoms with Gasteiger partial charge in [-0.05, 0) is 44.9 Å². The van der Waals surface area contributed by atoms with Crippen LogP contribution in [-0.4, -0.2) is 48.6 Å². The van der Waals surface area contributed by atoms with E-state index in [0.29, 0.717) is 32.4 Å². The molecule has 1 heterocycles. The predicted molar refractivity (Wildman–Crippen MR) is 92.5 cm³/mol. The molecular weight excluding hydrogens is 318 g/mol. The minimum Gasteiger partial charge on any atom is -0.383 e. The van der Waals surface area contributed by atoms with E-state index < -0.39 is 5.41 Å². The SMILES string of the molecule is COCCN1C(=O)CCC12CCC(NC(=O)C1(C#N)CCCC1)CC2. The largest absolute Gasteiger partial charge is 0.383 e. The van der Waals surface area contributed by atoms with Crippen molar-refractivity contribution in [3.63, 3.8) is 0 Å². The molecular formula is C19H29N3O3. The van der Waals surface area contributed by atoms with Crippen LogP contribution in [0, 0.1) is 16.7 Å². The Kier molecular flexibility index (Phi) is 5.33. The number of hydrogen-bond acceptors (Lipinski definition) is 4. The summed E-state index contributed by atoms with van der Waals surface area (Å²) in [6.45, 7) is 1.22. The number of nitrogens with zero attached hydrogens (tertiary/aromatic N) is 2. The van der Waals surface area contributed by atoms with Gasteiger partial charge in [0, 0.05) is 31.7 Å². The third-order valence-electron chi connectivity index (χ3n) is 6.55. The molecule has 138 valence electrons. The van der Waals surface area contributed by atoms with Gasteiger partial charge in [0.2, 0.25) is 11.8 Å². The summed E-state index contributed by atoms with van der Waals surface area (Å²) in [5, 5.41) is 12.6. The average molecular weight is 347 g/mol. The second-order valence-electron chi connectivity index (χ2n) is 7.91. The van der Waals surface area contributed by atoms with Gasteiger partial charge in [-0.25, -0.2) is 0 Å². The van der Waals surface area contributed by atoms with Crippen LogP contribution < -0.4 is 5.32 Å². The number of likely N-dealkylation sites (tertiary alicyclic amines) is 1. The molecule has 6 nitrogen and oxygen atoms in total. The highest BCUT2D eigenvalue weighted by molar-refractivity contribution is 5.86. The van der Waals surface area contributed by atoms with E-state index in [4.69, 9.17) is 4.74 Å². The zero-order valence-corrected chi connectivity index (χ0v) is 15.2. The molecule has 1 saturated heterocycles. The lowest BCUT2D eigenvalue weighted by atomic mass is 9.77. The van der Waals surface area contributed by atoms with Crippen LogP contribution in [0.25, 0.3) is 0 Å². The highest BCUT2D eigenvalue weighted by Crippen LogP contribution is 2.43. The zero-order valence-electron chi connectivity index (χ0n) is 15.2. The Morgan fingerprint density at radius 1 is 1.28 bits per heavy atom. The molecule has 3 rings (SSSR count). The number of amides is 2. The molecule has 0 aromatic heterocycles. The van der Waals surface area contributed by atoms with Gasteiger partial charge >= 0.3 is 0 Å². The van der Waals surface area contributed by atoms with Gasteiger partial charge in [0.1, 0.15) is 5.41 Å². The number of nitriles is 1. The highest BCUT2D eigenvalue weighted by atomic mass is 16.5. The van der Waals surface area contributed by atoms with Crippen LogP contribution in [0.5, 0.6) is 0 Å². The summed E-state index contributed by atoms with van der Waals surface area (Å²) >= 11 is 0. The van der Waals surface area contributed by atoms with Gasteiger partial charge in [0.05, 0.1) is 12.7 Å². The Hall–Kier alpha value is -1.61. The summed E-state index contributed by atoms with van der Waals surface area (Å²) in [4.78, 5) is 26.9. The first kappa shape index (κ1) is 18.2. The molecule has 1 N–H and O–H groups in total. The molecule has 6 heteroatoms. The van der Waals surface area contributed by atoms with E-state index in [-0.39, 0.29) is 23.4 Å². The first-order valence-electron chi connectivity index (χ1n) is 9.57. The Bertz CT molecular complexity index is 555. The first-order valence-corrected chi connectivity index (χ1v) is 9.57. The molecule has 0 aromatic carbocycles. The van der Waals surface area contributed by atoms with Gasteiger partial charge in [-0.3, -0.25) is 9.59 Å². The van der Waals surface area contributed by atoms with E-state index in [2.05, 4.69) is 11.4 Å². The molecule has 2 aliphatic carbocycles. The fourth-order valence-corrected chi connectivity index (χ4v) is 4.93. The Morgan fingerprint density at radius 3 is 2.56 bits per heavy atom. The number of ether oxygens (including phenoxy) is 1. The molecule has 3 aliphatic rings. The lowest BCUT2D eigenvalue weighted by Crippen LogP contribution is -2.53. The normalized spacial score (nSPS) is 31.3. The van der Waals surface area contributed by atoms with Gasteiger partial charge in [0.25, 0.3) is 0 Å². The number of nitrogens with one attached hydrogen (secondary N) is 1. The van der Waals surface area contributed by atoms with Gasteiger partial charge in [-0.1, -0.05) is 12.8 Å². The van der Waals surface area contributed by atoms with Crippen molar-refractivity contribution in [3.8, 4) is 6.07 Å². The van der Waals surface area contributed by atoms with Crippen molar-refractivity contribution >= 4 is 11.8 Å². The summed E-state index contributed by atoms with van der Waals surface area (Å²) in [6, 6.07) is 2.40. The van der Waals surface area contributed by atoms with Crippen molar-refractivity contribution in [1.29, 1.82) is 5.26 Å². The molecule has 1 aliphatic heterocycles. The predicted octanol–water partition coefficient (Wildman–Crippen LogP) is 2.14. The number of carbonyl (C=O) groups excluding carboxylic acids is 2. The summed E-state index contributed by atoms with van der Waals surface area (Å²) in [7, 11) is 1.66. The van der Waals surface area contributed by atoms with E-state index in [0.717, 1.165) is 44.9 Å². The molecule has 2 saturated carbocycles. The van der Waals surface area contributed by atoms with Crippen molar-refractivity contribution in [2.45, 2.75) is 75.8 Å². The van der Waals surface area contributed by atoms with E-state index in [1.165, 1.54) is 0 Å². The summed E-state index contributed by atoms with van der Waals surface area (Å²) in [5.41, 5.74) is -0.847. The maximum absolute atomic E-state index is 12.6. The molecule has 25 heavy (non-hydrogen) atoms. The number of carbonyl (C=O) groups is 2. The first-order chi connectivity index (χ1) is 12.1. The van der Waals surface area contributed by atoms with Crippen molar-refractivity contribution < 1.29 is 14.3 Å². The fourth-order valence-electron chi connectivity index (χ4n) is 4.93. The van der Waals surface area contributed by atoms with E-state index in [1.54, 1.807) is 7.11 Å². The second kappa shape index (κ2) is 7.33. The van der Waals surface area contributed by atoms with Gasteiger partial charge in [-0.2, -0.15) is 5.26 Å². The Morgan fingerprint density at radius 2 is 1.96 bits per heavy atom. The zero-order chi connectivity index (χ0) is 17.9. The molecule has 0 bridgehead atoms. The minimum atomic E-state index is -0.803. The molecule has 2 amide bonds. The van der Waals surface area contributed by atoms with Crippen LogP contribution in [0.4, 0.5) is 0 Å². The fraction of sp³-hybridized carbons (Fsp3) is 0.842. The van der Waals surface area contributed by atoms with Gasteiger partial charge in [0.15, 0.2) is 0 Å². The lowest BCUT2D eigenvalue weighted by Gasteiger charge is -2.44. The smallest absolute Gasteiger partial charge is 0.240 e. The quantitative estimate of drug-likeness (QED) is 0.826. The molecule has 0 aromatic rings. The van der Waals surface area contributed by atoms with Crippen molar-refractivity contribution in [1.82, 2.24) is 10.2 Å². The van der Waals surface area contributed by atoms with Crippen LogP contribution >= 0.6 is 0 Å². The Balaban J connectivity index is 1.57. The number of rotatable bonds is 5. The van der Waals surface area contributed by atoms with Gasteiger partial charge in [-0.15, -0.1) is 0 Å².